The van der Waals surface area contributed by atoms with Gasteiger partial charge in [-0.1, -0.05) is 81.5 Å². The predicted octanol–water partition coefficient (Wildman–Crippen LogP) is 7.86. The molecule has 174 valence electrons. The fourth-order valence-electron chi connectivity index (χ4n) is 3.26. The smallest absolute Gasteiger partial charge is 0.409 e. The number of rotatable bonds is 13. The van der Waals surface area contributed by atoms with Crippen molar-refractivity contribution in [2.45, 2.75) is 64.7 Å². The van der Waals surface area contributed by atoms with Crippen LogP contribution in [-0.4, -0.2) is 18.5 Å². The highest BCUT2D eigenvalue weighted by molar-refractivity contribution is 6.31. The molecule has 7 heteroatoms. The molecule has 0 aliphatic heterocycles. The van der Waals surface area contributed by atoms with Gasteiger partial charge in [0.05, 0.1) is 5.56 Å². The SMILES string of the molecule is CCCCCCCCCCCNC(=O)Oc1ccc(Cl)cc1C(=O)Nc1ccc(Cl)cc1. The molecule has 0 radical (unpaired) electrons. The molecule has 0 bridgehead atoms. The molecule has 2 amide bonds. The minimum atomic E-state index is -0.590. The Balaban J connectivity index is 1.76. The van der Waals surface area contributed by atoms with Crippen LogP contribution in [0.15, 0.2) is 42.5 Å². The van der Waals surface area contributed by atoms with E-state index in [0.717, 1.165) is 12.8 Å². The van der Waals surface area contributed by atoms with Gasteiger partial charge in [0.15, 0.2) is 0 Å². The molecule has 0 heterocycles. The zero-order valence-electron chi connectivity index (χ0n) is 18.6. The molecule has 2 aromatic rings. The Morgan fingerprint density at radius 2 is 1.41 bits per heavy atom. The topological polar surface area (TPSA) is 67.4 Å². The largest absolute Gasteiger partial charge is 0.412 e. The van der Waals surface area contributed by atoms with E-state index in [4.69, 9.17) is 27.9 Å². The Morgan fingerprint density at radius 3 is 2.06 bits per heavy atom. The lowest BCUT2D eigenvalue weighted by Gasteiger charge is -2.12. The molecule has 2 N–H and O–H groups in total. The summed E-state index contributed by atoms with van der Waals surface area (Å²) in [4.78, 5) is 24.9. The van der Waals surface area contributed by atoms with Crippen molar-refractivity contribution in [3.8, 4) is 5.75 Å². The molecule has 0 aliphatic rings. The van der Waals surface area contributed by atoms with Gasteiger partial charge >= 0.3 is 6.09 Å². The number of unbranched alkanes of at least 4 members (excludes halogenated alkanes) is 8. The Labute approximate surface area is 200 Å². The van der Waals surface area contributed by atoms with Crippen molar-refractivity contribution in [3.63, 3.8) is 0 Å². The van der Waals surface area contributed by atoms with Crippen molar-refractivity contribution in [1.29, 1.82) is 0 Å². The number of halogens is 2. The Bertz CT molecular complexity index is 857. The van der Waals surface area contributed by atoms with Crippen LogP contribution < -0.4 is 15.4 Å². The maximum Gasteiger partial charge on any atom is 0.412 e. The molecule has 5 nitrogen and oxygen atoms in total. The fraction of sp³-hybridized carbons (Fsp3) is 0.440. The summed E-state index contributed by atoms with van der Waals surface area (Å²) in [6, 6.07) is 11.3. The van der Waals surface area contributed by atoms with Gasteiger partial charge in [-0.05, 0) is 48.9 Å². The monoisotopic (exact) mass is 478 g/mol. The third-order valence-electron chi connectivity index (χ3n) is 5.04. The molecule has 0 aromatic heterocycles. The van der Waals surface area contributed by atoms with Crippen LogP contribution in [0, 0.1) is 0 Å². The van der Waals surface area contributed by atoms with Crippen LogP contribution in [0.1, 0.15) is 75.1 Å². The van der Waals surface area contributed by atoms with Gasteiger partial charge in [-0.15, -0.1) is 0 Å². The molecule has 0 unspecified atom stereocenters. The lowest BCUT2D eigenvalue weighted by molar-refractivity contribution is 0.102. The number of amides is 2. The molecule has 2 aromatic carbocycles. The van der Waals surface area contributed by atoms with Crippen molar-refractivity contribution in [1.82, 2.24) is 5.32 Å². The maximum absolute atomic E-state index is 12.7. The molecule has 0 saturated carbocycles. The molecular weight excluding hydrogens is 447 g/mol. The summed E-state index contributed by atoms with van der Waals surface area (Å²) >= 11 is 11.9. The van der Waals surface area contributed by atoms with Crippen LogP contribution in [0.4, 0.5) is 10.5 Å². The van der Waals surface area contributed by atoms with Crippen LogP contribution >= 0.6 is 23.2 Å². The molecule has 0 spiro atoms. The summed E-state index contributed by atoms with van der Waals surface area (Å²) in [6.07, 6.45) is 10.3. The zero-order chi connectivity index (χ0) is 23.2. The van der Waals surface area contributed by atoms with E-state index in [2.05, 4.69) is 17.6 Å². The highest BCUT2D eigenvalue weighted by atomic mass is 35.5. The first-order valence-corrected chi connectivity index (χ1v) is 12.1. The summed E-state index contributed by atoms with van der Waals surface area (Å²) < 4.78 is 5.37. The number of carbonyl (C=O) groups excluding carboxylic acids is 2. The van der Waals surface area contributed by atoms with Gasteiger partial charge in [0.2, 0.25) is 0 Å². The van der Waals surface area contributed by atoms with E-state index in [9.17, 15) is 9.59 Å². The third-order valence-corrected chi connectivity index (χ3v) is 5.53. The minimum Gasteiger partial charge on any atom is -0.409 e. The highest BCUT2D eigenvalue weighted by Crippen LogP contribution is 2.25. The fourth-order valence-corrected chi connectivity index (χ4v) is 3.56. The molecule has 2 rings (SSSR count). The van der Waals surface area contributed by atoms with Crippen LogP contribution in [-0.2, 0) is 0 Å². The molecular formula is C25H32Cl2N2O3. The van der Waals surface area contributed by atoms with Gasteiger partial charge in [-0.25, -0.2) is 4.79 Å². The van der Waals surface area contributed by atoms with Crippen molar-refractivity contribution in [2.75, 3.05) is 11.9 Å². The van der Waals surface area contributed by atoms with E-state index in [1.165, 1.54) is 57.1 Å². The second-order valence-corrected chi connectivity index (χ2v) is 8.62. The number of benzene rings is 2. The van der Waals surface area contributed by atoms with Gasteiger partial charge in [0.25, 0.3) is 5.91 Å². The summed E-state index contributed by atoms with van der Waals surface area (Å²) in [7, 11) is 0. The van der Waals surface area contributed by atoms with Crippen LogP contribution in [0.3, 0.4) is 0 Å². The van der Waals surface area contributed by atoms with E-state index in [1.54, 1.807) is 30.3 Å². The molecule has 0 atom stereocenters. The van der Waals surface area contributed by atoms with Gasteiger partial charge in [-0.2, -0.15) is 0 Å². The number of nitrogens with one attached hydrogen (secondary N) is 2. The highest BCUT2D eigenvalue weighted by Gasteiger charge is 2.16. The molecule has 0 fully saturated rings. The first kappa shape index (κ1) is 26.0. The van der Waals surface area contributed by atoms with E-state index in [1.807, 2.05) is 0 Å². The first-order chi connectivity index (χ1) is 15.5. The lowest BCUT2D eigenvalue weighted by atomic mass is 10.1. The van der Waals surface area contributed by atoms with Gasteiger partial charge in [0, 0.05) is 22.3 Å². The molecule has 32 heavy (non-hydrogen) atoms. The summed E-state index contributed by atoms with van der Waals surface area (Å²) in [6.45, 7) is 2.76. The van der Waals surface area contributed by atoms with Gasteiger partial charge < -0.3 is 15.4 Å². The van der Waals surface area contributed by atoms with E-state index in [-0.39, 0.29) is 11.3 Å². The normalized spacial score (nSPS) is 10.6. The van der Waals surface area contributed by atoms with Crippen LogP contribution in [0.5, 0.6) is 5.75 Å². The number of anilines is 1. The second kappa shape index (κ2) is 14.8. The quantitative estimate of drug-likeness (QED) is 0.287. The maximum atomic E-state index is 12.7. The minimum absolute atomic E-state index is 0.144. The first-order valence-electron chi connectivity index (χ1n) is 11.3. The number of hydrogen-bond donors (Lipinski definition) is 2. The van der Waals surface area contributed by atoms with Crippen molar-refractivity contribution < 1.29 is 14.3 Å². The van der Waals surface area contributed by atoms with E-state index < -0.39 is 12.0 Å². The Morgan fingerprint density at radius 1 is 0.812 bits per heavy atom. The average molecular weight is 479 g/mol. The molecule has 0 saturated heterocycles. The second-order valence-electron chi connectivity index (χ2n) is 7.75. The predicted molar refractivity (Wildman–Crippen MR) is 132 cm³/mol. The van der Waals surface area contributed by atoms with Crippen molar-refractivity contribution >= 4 is 40.9 Å². The summed E-state index contributed by atoms with van der Waals surface area (Å²) in [5.74, 6) is -0.290. The van der Waals surface area contributed by atoms with Crippen molar-refractivity contribution in [3.05, 3.63) is 58.1 Å². The van der Waals surface area contributed by atoms with E-state index in [0.29, 0.717) is 22.3 Å². The van der Waals surface area contributed by atoms with E-state index >= 15 is 0 Å². The Hall–Kier alpha value is -2.24. The molecule has 0 aliphatic carbocycles. The van der Waals surface area contributed by atoms with Crippen LogP contribution in [0.25, 0.3) is 0 Å². The standard InChI is InChI=1S/C25H32Cl2N2O3/c1-2-3-4-5-6-7-8-9-10-17-28-25(31)32-23-16-13-20(27)18-22(23)24(30)29-21-14-11-19(26)12-15-21/h11-16,18H,2-10,17H2,1H3,(H,28,31)(H,29,30). The zero-order valence-corrected chi connectivity index (χ0v) is 20.1. The average Bonchev–Trinajstić information content (AvgIpc) is 2.77. The van der Waals surface area contributed by atoms with Gasteiger partial charge in [0.1, 0.15) is 5.75 Å². The summed E-state index contributed by atoms with van der Waals surface area (Å²) in [5.41, 5.74) is 0.741. The van der Waals surface area contributed by atoms with Crippen LogP contribution in [0.2, 0.25) is 10.0 Å². The number of hydrogen-bond acceptors (Lipinski definition) is 3. The number of ether oxygens (including phenoxy) is 1. The third kappa shape index (κ3) is 9.92. The van der Waals surface area contributed by atoms with Crippen molar-refractivity contribution in [2.24, 2.45) is 0 Å². The summed E-state index contributed by atoms with van der Waals surface area (Å²) in [5, 5.41) is 6.43. The lowest BCUT2D eigenvalue weighted by Crippen LogP contribution is -2.28. The Kier molecular flexibility index (Phi) is 12.0. The number of carbonyl (C=O) groups is 2. The van der Waals surface area contributed by atoms with Gasteiger partial charge in [-0.3, -0.25) is 4.79 Å².